The first-order valence-corrected chi connectivity index (χ1v) is 7.85. The molecule has 0 aliphatic heterocycles. The lowest BCUT2D eigenvalue weighted by molar-refractivity contribution is -0.321. The predicted molar refractivity (Wildman–Crippen MR) is 57.4 cm³/mol. The molecule has 0 saturated heterocycles. The van der Waals surface area contributed by atoms with Crippen LogP contribution in [0.3, 0.4) is 0 Å². The van der Waals surface area contributed by atoms with E-state index < -0.39 is 50.4 Å². The molecule has 0 aliphatic carbocycles. The van der Waals surface area contributed by atoms with Gasteiger partial charge in [-0.25, -0.2) is 8.78 Å². The summed E-state index contributed by atoms with van der Waals surface area (Å²) in [5.41, 5.74) is 0. The van der Waals surface area contributed by atoms with E-state index in [1.807, 2.05) is 0 Å². The molecule has 0 aliphatic rings. The van der Waals surface area contributed by atoms with Gasteiger partial charge >= 0.3 is 6.11 Å². The van der Waals surface area contributed by atoms with Gasteiger partial charge in [0.1, 0.15) is 11.5 Å². The van der Waals surface area contributed by atoms with Crippen LogP contribution in [0, 0.1) is 0 Å². The molecule has 0 unspecified atom stereocenters. The van der Waals surface area contributed by atoms with Crippen LogP contribution in [0.5, 0.6) is 0 Å². The highest BCUT2D eigenvalue weighted by atomic mass is 32.2. The lowest BCUT2D eigenvalue weighted by Gasteiger charge is -2.27. The van der Waals surface area contributed by atoms with Gasteiger partial charge in [-0.2, -0.15) is 25.6 Å². The Morgan fingerprint density at radius 3 is 1.50 bits per heavy atom. The molecule has 0 spiro atoms. The molecular formula is C7H12F4O7S2. The van der Waals surface area contributed by atoms with E-state index in [-0.39, 0.29) is 0 Å². The van der Waals surface area contributed by atoms with E-state index in [2.05, 4.69) is 13.1 Å². The molecule has 0 heterocycles. The van der Waals surface area contributed by atoms with Crippen LogP contribution in [0.15, 0.2) is 0 Å². The highest BCUT2D eigenvalue weighted by Gasteiger charge is 2.49. The fourth-order valence-electron chi connectivity index (χ4n) is 1.04. The predicted octanol–water partition coefficient (Wildman–Crippen LogP) is 0.183. The van der Waals surface area contributed by atoms with Crippen LogP contribution in [-0.2, 0) is 33.3 Å². The molecule has 7 nitrogen and oxygen atoms in total. The number of alkyl halides is 4. The average molecular weight is 348 g/mol. The Bertz CT molecular complexity index is 479. The third-order valence-corrected chi connectivity index (χ3v) is 4.37. The van der Waals surface area contributed by atoms with Crippen molar-refractivity contribution < 1.29 is 47.5 Å². The summed E-state index contributed by atoms with van der Waals surface area (Å²) in [5, 5.41) is 0. The summed E-state index contributed by atoms with van der Waals surface area (Å²) in [6.07, 6.45) is -4.72. The Hall–Kier alpha value is -0.500. The van der Waals surface area contributed by atoms with E-state index in [1.165, 1.54) is 0 Å². The number of halogens is 4. The minimum atomic E-state index is -4.72. The van der Waals surface area contributed by atoms with Crippen molar-refractivity contribution in [3.05, 3.63) is 0 Å². The SMILES string of the molecule is COS(=O)(=O)CC(F)(CS(=O)(=O)OC)OC(F)(F)CF. The van der Waals surface area contributed by atoms with E-state index in [1.54, 1.807) is 0 Å². The summed E-state index contributed by atoms with van der Waals surface area (Å²) >= 11 is 0. The summed E-state index contributed by atoms with van der Waals surface area (Å²) in [4.78, 5) is 0. The zero-order valence-corrected chi connectivity index (χ0v) is 11.9. The normalized spacial score (nSPS) is 14.5. The number of ether oxygens (including phenoxy) is 1. The summed E-state index contributed by atoms with van der Waals surface area (Å²) in [6, 6.07) is 0. The van der Waals surface area contributed by atoms with Crippen LogP contribution >= 0.6 is 0 Å². The van der Waals surface area contributed by atoms with Crippen molar-refractivity contribution in [2.45, 2.75) is 12.0 Å². The third-order valence-electron chi connectivity index (χ3n) is 1.78. The largest absolute Gasteiger partial charge is 0.386 e. The molecule has 13 heteroatoms. The first-order valence-electron chi connectivity index (χ1n) is 4.70. The Morgan fingerprint density at radius 2 is 1.25 bits per heavy atom. The molecule has 0 aromatic rings. The van der Waals surface area contributed by atoms with Gasteiger partial charge in [0.05, 0.1) is 14.2 Å². The van der Waals surface area contributed by atoms with Crippen LogP contribution in [0.2, 0.25) is 0 Å². The minimum Gasteiger partial charge on any atom is -0.278 e. The van der Waals surface area contributed by atoms with E-state index >= 15 is 0 Å². The molecular weight excluding hydrogens is 336 g/mol. The van der Waals surface area contributed by atoms with Crippen molar-refractivity contribution in [3.8, 4) is 0 Å². The molecule has 0 aromatic heterocycles. The molecule has 0 N–H and O–H groups in total. The fourth-order valence-corrected chi connectivity index (χ4v) is 2.78. The van der Waals surface area contributed by atoms with Gasteiger partial charge in [-0.05, 0) is 0 Å². The van der Waals surface area contributed by atoms with Gasteiger partial charge in [0, 0.05) is 0 Å². The van der Waals surface area contributed by atoms with Crippen LogP contribution in [0.1, 0.15) is 0 Å². The number of hydrogen-bond donors (Lipinski definition) is 0. The molecule has 0 rings (SSSR count). The number of rotatable bonds is 9. The standard InChI is InChI=1S/C7H12F4O7S2/c1-16-19(12,13)4-6(9,5-20(14,15)17-2)18-7(10,11)3-8/h3-5H2,1-2H3. The van der Waals surface area contributed by atoms with Crippen molar-refractivity contribution in [2.24, 2.45) is 0 Å². The maximum Gasteiger partial charge on any atom is 0.386 e. The lowest BCUT2D eigenvalue weighted by Crippen LogP contribution is -2.47. The van der Waals surface area contributed by atoms with Crippen molar-refractivity contribution in [1.29, 1.82) is 0 Å². The first-order chi connectivity index (χ1) is 8.80. The maximum atomic E-state index is 14.1. The van der Waals surface area contributed by atoms with Gasteiger partial charge < -0.3 is 0 Å². The summed E-state index contributed by atoms with van der Waals surface area (Å²) < 4.78 is 107. The van der Waals surface area contributed by atoms with Gasteiger partial charge in [0.2, 0.25) is 5.85 Å². The summed E-state index contributed by atoms with van der Waals surface area (Å²) in [5.74, 6) is -7.75. The minimum absolute atomic E-state index is 0.591. The second-order valence-electron chi connectivity index (χ2n) is 3.49. The van der Waals surface area contributed by atoms with Crippen molar-refractivity contribution in [3.63, 3.8) is 0 Å². The lowest BCUT2D eigenvalue weighted by atomic mass is 10.4. The molecule has 0 fully saturated rings. The molecule has 0 atom stereocenters. The molecule has 0 amide bonds. The first kappa shape index (κ1) is 19.5. The van der Waals surface area contributed by atoms with Crippen molar-refractivity contribution in [2.75, 3.05) is 32.4 Å². The summed E-state index contributed by atoms with van der Waals surface area (Å²) in [7, 11) is -8.25. The van der Waals surface area contributed by atoms with Crippen LogP contribution < -0.4 is 0 Å². The Morgan fingerprint density at radius 1 is 0.900 bits per heavy atom. The smallest absolute Gasteiger partial charge is 0.278 e. The van der Waals surface area contributed by atoms with Crippen LogP contribution in [0.4, 0.5) is 17.6 Å². The Labute approximate surface area is 113 Å². The zero-order chi connectivity index (χ0) is 16.2. The topological polar surface area (TPSA) is 96.0 Å². The van der Waals surface area contributed by atoms with E-state index in [4.69, 9.17) is 0 Å². The second kappa shape index (κ2) is 6.51. The Kier molecular flexibility index (Phi) is 6.35. The molecule has 0 aromatic carbocycles. The molecule has 0 radical (unpaired) electrons. The monoisotopic (exact) mass is 348 g/mol. The fraction of sp³-hybridized carbons (Fsp3) is 1.00. The highest BCUT2D eigenvalue weighted by Crippen LogP contribution is 2.29. The quantitative estimate of drug-likeness (QED) is 0.433. The van der Waals surface area contributed by atoms with Gasteiger partial charge in [-0.15, -0.1) is 0 Å². The van der Waals surface area contributed by atoms with E-state index in [0.717, 1.165) is 0 Å². The highest BCUT2D eigenvalue weighted by molar-refractivity contribution is 7.87. The number of hydrogen-bond acceptors (Lipinski definition) is 7. The summed E-state index contributed by atoms with van der Waals surface area (Å²) in [6.45, 7) is -2.49. The Balaban J connectivity index is 5.45. The van der Waals surface area contributed by atoms with E-state index in [9.17, 15) is 34.4 Å². The van der Waals surface area contributed by atoms with Gasteiger partial charge in [-0.1, -0.05) is 0 Å². The molecule has 0 bridgehead atoms. The van der Waals surface area contributed by atoms with Crippen LogP contribution in [-0.4, -0.2) is 61.2 Å². The van der Waals surface area contributed by atoms with Crippen molar-refractivity contribution >= 4 is 20.2 Å². The van der Waals surface area contributed by atoms with Gasteiger partial charge in [-0.3, -0.25) is 13.1 Å². The van der Waals surface area contributed by atoms with Crippen LogP contribution in [0.25, 0.3) is 0 Å². The maximum absolute atomic E-state index is 14.1. The van der Waals surface area contributed by atoms with E-state index in [0.29, 0.717) is 14.2 Å². The van der Waals surface area contributed by atoms with Gasteiger partial charge in [0.15, 0.2) is 6.67 Å². The van der Waals surface area contributed by atoms with Gasteiger partial charge in [0.25, 0.3) is 20.2 Å². The second-order valence-corrected chi connectivity index (χ2v) is 6.97. The molecule has 20 heavy (non-hydrogen) atoms. The molecule has 122 valence electrons. The average Bonchev–Trinajstić information content (AvgIpc) is 2.26. The van der Waals surface area contributed by atoms with Crippen molar-refractivity contribution in [1.82, 2.24) is 0 Å². The zero-order valence-electron chi connectivity index (χ0n) is 10.3. The third kappa shape index (κ3) is 6.78. The molecule has 0 saturated carbocycles.